The van der Waals surface area contributed by atoms with E-state index in [9.17, 15) is 4.79 Å². The predicted octanol–water partition coefficient (Wildman–Crippen LogP) is 2.70. The van der Waals surface area contributed by atoms with E-state index in [1.807, 2.05) is 11.8 Å². The third kappa shape index (κ3) is 3.13. The summed E-state index contributed by atoms with van der Waals surface area (Å²) in [5, 5.41) is 13.0. The Labute approximate surface area is 109 Å². The summed E-state index contributed by atoms with van der Waals surface area (Å²) in [5.74, 6) is 2.22. The highest BCUT2D eigenvalue weighted by Crippen LogP contribution is 2.27. The molecule has 4 nitrogen and oxygen atoms in total. The molecule has 0 aromatic carbocycles. The number of aromatic carboxylic acids is 1. The molecule has 0 unspecified atom stereocenters. The largest absolute Gasteiger partial charge is 0.478 e. The van der Waals surface area contributed by atoms with Crippen LogP contribution in [0.3, 0.4) is 0 Å². The van der Waals surface area contributed by atoms with Crippen molar-refractivity contribution in [1.29, 1.82) is 0 Å². The number of carbonyl (C=O) groups is 1. The Morgan fingerprint density at radius 2 is 2.24 bits per heavy atom. The van der Waals surface area contributed by atoms with Gasteiger partial charge in [0.2, 0.25) is 0 Å². The summed E-state index contributed by atoms with van der Waals surface area (Å²) < 4.78 is 4.10. The lowest BCUT2D eigenvalue weighted by atomic mass is 10.0. The molecule has 0 radical (unpaired) electrons. The molecular formula is C11H16N2O2S2. The molecule has 2 N–H and O–H groups in total. The van der Waals surface area contributed by atoms with Crippen LogP contribution in [0.2, 0.25) is 0 Å². The fourth-order valence-electron chi connectivity index (χ4n) is 1.93. The van der Waals surface area contributed by atoms with E-state index in [1.54, 1.807) is 6.92 Å². The van der Waals surface area contributed by atoms with Crippen molar-refractivity contribution in [3.8, 4) is 0 Å². The maximum Gasteiger partial charge on any atom is 0.340 e. The van der Waals surface area contributed by atoms with Crippen molar-refractivity contribution in [3.05, 3.63) is 11.3 Å². The fraction of sp³-hybridized carbons (Fsp3) is 0.636. The van der Waals surface area contributed by atoms with Gasteiger partial charge in [-0.15, -0.1) is 0 Å². The van der Waals surface area contributed by atoms with E-state index in [0.717, 1.165) is 6.54 Å². The Hall–Kier alpha value is -0.750. The van der Waals surface area contributed by atoms with Crippen LogP contribution in [0.5, 0.6) is 0 Å². The molecule has 1 aliphatic rings. The van der Waals surface area contributed by atoms with Gasteiger partial charge in [0.05, 0.1) is 5.69 Å². The van der Waals surface area contributed by atoms with Gasteiger partial charge < -0.3 is 10.4 Å². The fourth-order valence-corrected chi connectivity index (χ4v) is 3.93. The Morgan fingerprint density at radius 1 is 1.53 bits per heavy atom. The van der Waals surface area contributed by atoms with E-state index in [0.29, 0.717) is 22.2 Å². The van der Waals surface area contributed by atoms with Crippen molar-refractivity contribution in [2.24, 2.45) is 5.92 Å². The highest BCUT2D eigenvalue weighted by molar-refractivity contribution is 7.99. The molecule has 1 aromatic rings. The molecule has 2 heterocycles. The molecule has 0 saturated carbocycles. The van der Waals surface area contributed by atoms with Crippen molar-refractivity contribution in [2.75, 3.05) is 23.4 Å². The number of hydrogen-bond acceptors (Lipinski definition) is 5. The lowest BCUT2D eigenvalue weighted by molar-refractivity contribution is 0.0697. The van der Waals surface area contributed by atoms with Crippen LogP contribution in [0.1, 0.15) is 28.9 Å². The Bertz CT molecular complexity index is 400. The molecule has 6 heteroatoms. The second-order valence-electron chi connectivity index (χ2n) is 4.21. The molecule has 94 valence electrons. The first kappa shape index (κ1) is 12.7. The number of hydrogen-bond donors (Lipinski definition) is 2. The minimum Gasteiger partial charge on any atom is -0.478 e. The van der Waals surface area contributed by atoms with Gasteiger partial charge in [0, 0.05) is 6.54 Å². The van der Waals surface area contributed by atoms with Gasteiger partial charge in [-0.3, -0.25) is 0 Å². The van der Waals surface area contributed by atoms with Crippen molar-refractivity contribution in [1.82, 2.24) is 4.37 Å². The molecule has 1 aliphatic heterocycles. The quantitative estimate of drug-likeness (QED) is 0.882. The SMILES string of the molecule is Cc1nsc(NCC2CCSCC2)c1C(=O)O. The van der Waals surface area contributed by atoms with Crippen LogP contribution in [0, 0.1) is 12.8 Å². The zero-order valence-electron chi connectivity index (χ0n) is 9.73. The van der Waals surface area contributed by atoms with E-state index in [-0.39, 0.29) is 0 Å². The average molecular weight is 272 g/mol. The van der Waals surface area contributed by atoms with Crippen LogP contribution < -0.4 is 5.32 Å². The van der Waals surface area contributed by atoms with Gasteiger partial charge >= 0.3 is 5.97 Å². The molecule has 0 spiro atoms. The first-order valence-corrected chi connectivity index (χ1v) is 7.62. The average Bonchev–Trinajstić information content (AvgIpc) is 2.69. The first-order chi connectivity index (χ1) is 8.18. The van der Waals surface area contributed by atoms with Crippen LogP contribution in [-0.2, 0) is 0 Å². The topological polar surface area (TPSA) is 62.2 Å². The zero-order chi connectivity index (χ0) is 12.3. The highest BCUT2D eigenvalue weighted by Gasteiger charge is 2.19. The van der Waals surface area contributed by atoms with Gasteiger partial charge in [-0.25, -0.2) is 4.79 Å². The molecule has 1 fully saturated rings. The van der Waals surface area contributed by atoms with Gasteiger partial charge in [-0.2, -0.15) is 16.1 Å². The molecule has 1 aromatic heterocycles. The van der Waals surface area contributed by atoms with Gasteiger partial charge in [-0.05, 0) is 48.7 Å². The molecule has 1 saturated heterocycles. The minimum absolute atomic E-state index is 0.334. The number of carboxylic acids is 1. The van der Waals surface area contributed by atoms with Gasteiger partial charge in [0.1, 0.15) is 10.6 Å². The number of anilines is 1. The second kappa shape index (κ2) is 5.73. The van der Waals surface area contributed by atoms with E-state index < -0.39 is 5.97 Å². The maximum absolute atomic E-state index is 11.1. The number of aryl methyl sites for hydroxylation is 1. The Balaban J connectivity index is 1.96. The van der Waals surface area contributed by atoms with Crippen molar-refractivity contribution >= 4 is 34.3 Å². The van der Waals surface area contributed by atoms with E-state index in [1.165, 1.54) is 35.9 Å². The van der Waals surface area contributed by atoms with Gasteiger partial charge in [0.15, 0.2) is 0 Å². The Kier molecular flexibility index (Phi) is 4.28. The molecule has 0 bridgehead atoms. The number of nitrogens with zero attached hydrogens (tertiary/aromatic N) is 1. The summed E-state index contributed by atoms with van der Waals surface area (Å²) in [7, 11) is 0. The summed E-state index contributed by atoms with van der Waals surface area (Å²) in [6.07, 6.45) is 2.44. The van der Waals surface area contributed by atoms with Crippen LogP contribution >= 0.6 is 23.3 Å². The Morgan fingerprint density at radius 3 is 2.88 bits per heavy atom. The van der Waals surface area contributed by atoms with E-state index in [4.69, 9.17) is 5.11 Å². The summed E-state index contributed by atoms with van der Waals surface area (Å²) in [6, 6.07) is 0. The van der Waals surface area contributed by atoms with Crippen molar-refractivity contribution in [2.45, 2.75) is 19.8 Å². The van der Waals surface area contributed by atoms with Crippen LogP contribution in [0.15, 0.2) is 0 Å². The lowest BCUT2D eigenvalue weighted by Gasteiger charge is -2.21. The summed E-state index contributed by atoms with van der Waals surface area (Å²) in [6.45, 7) is 2.60. The number of aromatic nitrogens is 1. The number of thioether (sulfide) groups is 1. The van der Waals surface area contributed by atoms with E-state index >= 15 is 0 Å². The van der Waals surface area contributed by atoms with Crippen LogP contribution in [-0.4, -0.2) is 33.5 Å². The molecule has 2 rings (SSSR count). The molecule has 17 heavy (non-hydrogen) atoms. The summed E-state index contributed by atoms with van der Waals surface area (Å²) >= 11 is 3.25. The van der Waals surface area contributed by atoms with Gasteiger partial charge in [0.25, 0.3) is 0 Å². The van der Waals surface area contributed by atoms with Crippen molar-refractivity contribution in [3.63, 3.8) is 0 Å². The van der Waals surface area contributed by atoms with Crippen LogP contribution in [0.4, 0.5) is 5.00 Å². The molecule has 0 atom stereocenters. The molecule has 0 aliphatic carbocycles. The first-order valence-electron chi connectivity index (χ1n) is 5.69. The number of carboxylic acid groups (broad SMARTS) is 1. The normalized spacial score (nSPS) is 17.0. The van der Waals surface area contributed by atoms with E-state index in [2.05, 4.69) is 9.69 Å². The number of nitrogens with one attached hydrogen (secondary N) is 1. The smallest absolute Gasteiger partial charge is 0.340 e. The zero-order valence-corrected chi connectivity index (χ0v) is 11.4. The van der Waals surface area contributed by atoms with Crippen LogP contribution in [0.25, 0.3) is 0 Å². The third-order valence-electron chi connectivity index (χ3n) is 2.97. The standard InChI is InChI=1S/C11H16N2O2S2/c1-7-9(11(14)15)10(17-13-7)12-6-8-2-4-16-5-3-8/h8,12H,2-6H2,1H3,(H,14,15). The molecular weight excluding hydrogens is 256 g/mol. The van der Waals surface area contributed by atoms with Gasteiger partial charge in [-0.1, -0.05) is 0 Å². The third-order valence-corrected chi connectivity index (χ3v) is 4.91. The molecule has 0 amide bonds. The second-order valence-corrected chi connectivity index (χ2v) is 6.21. The number of rotatable bonds is 4. The highest BCUT2D eigenvalue weighted by atomic mass is 32.2. The monoisotopic (exact) mass is 272 g/mol. The minimum atomic E-state index is -0.891. The lowest BCUT2D eigenvalue weighted by Crippen LogP contribution is -2.19. The predicted molar refractivity (Wildman–Crippen MR) is 72.3 cm³/mol. The summed E-state index contributed by atoms with van der Waals surface area (Å²) in [5.41, 5.74) is 0.935. The summed E-state index contributed by atoms with van der Waals surface area (Å²) in [4.78, 5) is 11.1. The maximum atomic E-state index is 11.1. The van der Waals surface area contributed by atoms with Crippen molar-refractivity contribution < 1.29 is 9.90 Å².